The molecule has 2 atom stereocenters. The molecule has 0 spiro atoms. The van der Waals surface area contributed by atoms with Gasteiger partial charge in [0, 0.05) is 17.8 Å². The normalized spacial score (nSPS) is 18.9. The Hall–Kier alpha value is -2.86. The number of hydrogen-bond donors (Lipinski definition) is 4. The average molecular weight is 381 g/mol. The van der Waals surface area contributed by atoms with Crippen LogP contribution in [0.25, 0.3) is 0 Å². The van der Waals surface area contributed by atoms with Crippen LogP contribution in [0.15, 0.2) is 54.6 Å². The smallest absolute Gasteiger partial charge is 0.319 e. The minimum Gasteiger partial charge on any atom is -0.391 e. The molecule has 0 bridgehead atoms. The third-order valence-corrected chi connectivity index (χ3v) is 4.99. The molecule has 0 heterocycles. The van der Waals surface area contributed by atoms with Gasteiger partial charge in [-0.3, -0.25) is 4.79 Å². The Morgan fingerprint density at radius 2 is 1.68 bits per heavy atom. The number of aliphatic hydroxyl groups excluding tert-OH is 1. The fourth-order valence-electron chi connectivity index (χ4n) is 3.39. The van der Waals surface area contributed by atoms with E-state index in [1.54, 1.807) is 24.3 Å². The number of anilines is 1. The van der Waals surface area contributed by atoms with Gasteiger partial charge in [-0.1, -0.05) is 43.2 Å². The molecule has 1 fully saturated rings. The van der Waals surface area contributed by atoms with Crippen molar-refractivity contribution in [1.82, 2.24) is 10.6 Å². The lowest BCUT2D eigenvalue weighted by molar-refractivity contribution is 0.0952. The van der Waals surface area contributed by atoms with E-state index < -0.39 is 6.10 Å². The molecule has 4 N–H and O–H groups in total. The first-order valence-electron chi connectivity index (χ1n) is 9.79. The number of hydrogen-bond acceptors (Lipinski definition) is 3. The second kappa shape index (κ2) is 9.90. The van der Waals surface area contributed by atoms with Gasteiger partial charge in [0.2, 0.25) is 0 Å². The van der Waals surface area contributed by atoms with Crippen molar-refractivity contribution < 1.29 is 14.7 Å². The number of aliphatic hydroxyl groups is 1. The minimum atomic E-state index is -0.485. The van der Waals surface area contributed by atoms with E-state index >= 15 is 0 Å². The number of carbonyl (C=O) groups is 2. The summed E-state index contributed by atoms with van der Waals surface area (Å²) in [5.74, 6) is -0.141. The molecule has 2 aromatic rings. The lowest BCUT2D eigenvalue weighted by Gasteiger charge is -2.28. The highest BCUT2D eigenvalue weighted by atomic mass is 16.3. The van der Waals surface area contributed by atoms with E-state index in [9.17, 15) is 14.7 Å². The maximum absolute atomic E-state index is 12.2. The molecule has 0 saturated heterocycles. The highest BCUT2D eigenvalue weighted by Gasteiger charge is 2.24. The highest BCUT2D eigenvalue weighted by Crippen LogP contribution is 2.18. The van der Waals surface area contributed by atoms with Crippen molar-refractivity contribution in [3.8, 4) is 0 Å². The molecule has 1 aliphatic carbocycles. The summed E-state index contributed by atoms with van der Waals surface area (Å²) in [6.45, 7) is 0.564. The second-order valence-corrected chi connectivity index (χ2v) is 7.13. The largest absolute Gasteiger partial charge is 0.391 e. The molecule has 2 aromatic carbocycles. The number of nitrogens with one attached hydrogen (secondary N) is 3. The number of carbonyl (C=O) groups excluding carboxylic acids is 2. The van der Waals surface area contributed by atoms with Gasteiger partial charge in [-0.15, -0.1) is 0 Å². The summed E-state index contributed by atoms with van der Waals surface area (Å²) >= 11 is 0. The van der Waals surface area contributed by atoms with Crippen LogP contribution in [0.1, 0.15) is 41.6 Å². The zero-order valence-corrected chi connectivity index (χ0v) is 15.9. The number of urea groups is 1. The lowest BCUT2D eigenvalue weighted by atomic mass is 9.93. The number of amides is 3. The van der Waals surface area contributed by atoms with Crippen LogP contribution in [0, 0.1) is 0 Å². The first-order valence-corrected chi connectivity index (χ1v) is 9.79. The highest BCUT2D eigenvalue weighted by molar-refractivity contribution is 5.95. The van der Waals surface area contributed by atoms with Crippen molar-refractivity contribution in [2.24, 2.45) is 0 Å². The Bertz CT molecular complexity index is 777. The van der Waals surface area contributed by atoms with Crippen molar-refractivity contribution in [3.05, 3.63) is 65.7 Å². The standard InChI is InChI=1S/C22H27N3O3/c26-20-9-5-4-8-19(20)25-22(28)24-18-12-10-17(11-13-18)21(27)23-15-14-16-6-2-1-3-7-16/h1-3,6-7,10-13,19-20,26H,4-5,8-9,14-15H2,(H,23,27)(H2,24,25,28)/t19-,20-/m0/s1. The third kappa shape index (κ3) is 5.82. The Morgan fingerprint density at radius 3 is 2.39 bits per heavy atom. The maximum Gasteiger partial charge on any atom is 0.319 e. The number of benzene rings is 2. The molecule has 148 valence electrons. The predicted octanol–water partition coefficient (Wildman–Crippen LogP) is 3.08. The predicted molar refractivity (Wildman–Crippen MR) is 109 cm³/mol. The van der Waals surface area contributed by atoms with E-state index in [4.69, 9.17) is 0 Å². The molecule has 6 nitrogen and oxygen atoms in total. The van der Waals surface area contributed by atoms with Crippen molar-refractivity contribution in [2.75, 3.05) is 11.9 Å². The fraction of sp³-hybridized carbons (Fsp3) is 0.364. The van der Waals surface area contributed by atoms with Gasteiger partial charge in [0.15, 0.2) is 0 Å². The third-order valence-electron chi connectivity index (χ3n) is 4.99. The van der Waals surface area contributed by atoms with E-state index in [1.165, 1.54) is 5.56 Å². The van der Waals surface area contributed by atoms with Crippen LogP contribution in [0.4, 0.5) is 10.5 Å². The Morgan fingerprint density at radius 1 is 0.964 bits per heavy atom. The van der Waals surface area contributed by atoms with Crippen LogP contribution >= 0.6 is 0 Å². The average Bonchev–Trinajstić information content (AvgIpc) is 2.71. The zero-order valence-electron chi connectivity index (χ0n) is 15.9. The van der Waals surface area contributed by atoms with Crippen LogP contribution in [-0.2, 0) is 6.42 Å². The fourth-order valence-corrected chi connectivity index (χ4v) is 3.39. The molecule has 0 radical (unpaired) electrons. The maximum atomic E-state index is 12.2. The molecule has 6 heteroatoms. The van der Waals surface area contributed by atoms with Crippen molar-refractivity contribution in [2.45, 2.75) is 44.2 Å². The molecule has 3 rings (SSSR count). The van der Waals surface area contributed by atoms with Gasteiger partial charge in [0.25, 0.3) is 5.91 Å². The molecule has 0 aromatic heterocycles. The monoisotopic (exact) mass is 381 g/mol. The van der Waals surface area contributed by atoms with Gasteiger partial charge in [0.1, 0.15) is 0 Å². The van der Waals surface area contributed by atoms with Gasteiger partial charge >= 0.3 is 6.03 Å². The molecular weight excluding hydrogens is 354 g/mol. The molecule has 1 saturated carbocycles. The Balaban J connectivity index is 1.44. The van der Waals surface area contributed by atoms with Gasteiger partial charge in [0.05, 0.1) is 12.1 Å². The Labute approximate surface area is 165 Å². The van der Waals surface area contributed by atoms with E-state index in [0.717, 1.165) is 32.1 Å². The number of rotatable bonds is 6. The van der Waals surface area contributed by atoms with Crippen molar-refractivity contribution >= 4 is 17.6 Å². The summed E-state index contributed by atoms with van der Waals surface area (Å²) in [5, 5.41) is 18.4. The first-order chi connectivity index (χ1) is 13.6. The minimum absolute atomic E-state index is 0.141. The molecular formula is C22H27N3O3. The summed E-state index contributed by atoms with van der Waals surface area (Å²) in [4.78, 5) is 24.3. The van der Waals surface area contributed by atoms with E-state index in [2.05, 4.69) is 16.0 Å². The van der Waals surface area contributed by atoms with E-state index in [-0.39, 0.29) is 18.0 Å². The van der Waals surface area contributed by atoms with Crippen LogP contribution in [-0.4, -0.2) is 35.7 Å². The quantitative estimate of drug-likeness (QED) is 0.620. The molecule has 0 aliphatic heterocycles. The van der Waals surface area contributed by atoms with Crippen LogP contribution in [0.5, 0.6) is 0 Å². The van der Waals surface area contributed by atoms with Gasteiger partial charge in [-0.2, -0.15) is 0 Å². The summed E-state index contributed by atoms with van der Waals surface area (Å²) in [5.41, 5.74) is 2.32. The summed E-state index contributed by atoms with van der Waals surface area (Å²) in [6, 6.07) is 16.2. The Kier molecular flexibility index (Phi) is 7.03. The summed E-state index contributed by atoms with van der Waals surface area (Å²) < 4.78 is 0. The molecule has 3 amide bonds. The van der Waals surface area contributed by atoms with Crippen LogP contribution < -0.4 is 16.0 Å². The first kappa shape index (κ1) is 19.9. The summed E-state index contributed by atoms with van der Waals surface area (Å²) in [6.07, 6.45) is 3.81. The van der Waals surface area contributed by atoms with Crippen LogP contribution in [0.3, 0.4) is 0 Å². The molecule has 1 aliphatic rings. The summed E-state index contributed by atoms with van der Waals surface area (Å²) in [7, 11) is 0. The van der Waals surface area contributed by atoms with Gasteiger partial charge in [-0.05, 0) is 49.1 Å². The van der Waals surface area contributed by atoms with Crippen molar-refractivity contribution in [3.63, 3.8) is 0 Å². The zero-order chi connectivity index (χ0) is 19.8. The van der Waals surface area contributed by atoms with Gasteiger partial charge in [-0.25, -0.2) is 4.79 Å². The van der Waals surface area contributed by atoms with Crippen LogP contribution in [0.2, 0.25) is 0 Å². The lowest BCUT2D eigenvalue weighted by Crippen LogP contribution is -2.46. The van der Waals surface area contributed by atoms with E-state index in [0.29, 0.717) is 17.8 Å². The second-order valence-electron chi connectivity index (χ2n) is 7.13. The van der Waals surface area contributed by atoms with E-state index in [1.807, 2.05) is 30.3 Å². The SMILES string of the molecule is O=C(Nc1ccc(C(=O)NCCc2ccccc2)cc1)N[C@H]1CCCC[C@@H]1O. The molecule has 28 heavy (non-hydrogen) atoms. The van der Waals surface area contributed by atoms with Crippen molar-refractivity contribution in [1.29, 1.82) is 0 Å². The van der Waals surface area contributed by atoms with Gasteiger partial charge < -0.3 is 21.1 Å². The molecule has 0 unspecified atom stereocenters. The topological polar surface area (TPSA) is 90.5 Å².